The molecule has 0 radical (unpaired) electrons. The van der Waals surface area contributed by atoms with Crippen molar-refractivity contribution in [2.45, 2.75) is 31.8 Å². The molecular weight excluding hydrogens is 278 g/mol. The monoisotopic (exact) mass is 295 g/mol. The van der Waals surface area contributed by atoms with Gasteiger partial charge in [-0.05, 0) is 44.0 Å². The van der Waals surface area contributed by atoms with Crippen LogP contribution >= 0.6 is 11.6 Å². The van der Waals surface area contributed by atoms with E-state index in [0.29, 0.717) is 16.8 Å². The van der Waals surface area contributed by atoms with E-state index < -0.39 is 0 Å². The molecule has 1 saturated carbocycles. The Bertz CT molecular complexity index is 486. The maximum absolute atomic E-state index is 11.7. The SMILES string of the molecule is CC(NCC(=O)Nc1ccc(Cl)cc1)C(=O)NC1CC1. The van der Waals surface area contributed by atoms with Gasteiger partial charge < -0.3 is 10.6 Å². The lowest BCUT2D eigenvalue weighted by atomic mass is 10.3. The van der Waals surface area contributed by atoms with Crippen LogP contribution in [0.25, 0.3) is 0 Å². The summed E-state index contributed by atoms with van der Waals surface area (Å²) < 4.78 is 0. The fraction of sp³-hybridized carbons (Fsp3) is 0.429. The van der Waals surface area contributed by atoms with E-state index in [4.69, 9.17) is 11.6 Å². The van der Waals surface area contributed by atoms with Crippen LogP contribution in [-0.4, -0.2) is 30.4 Å². The Morgan fingerprint density at radius 2 is 1.95 bits per heavy atom. The van der Waals surface area contributed by atoms with Crippen LogP contribution < -0.4 is 16.0 Å². The zero-order chi connectivity index (χ0) is 14.5. The van der Waals surface area contributed by atoms with Gasteiger partial charge in [0.15, 0.2) is 0 Å². The van der Waals surface area contributed by atoms with E-state index in [9.17, 15) is 9.59 Å². The van der Waals surface area contributed by atoms with E-state index in [2.05, 4.69) is 16.0 Å². The van der Waals surface area contributed by atoms with Crippen molar-refractivity contribution in [3.63, 3.8) is 0 Å². The Morgan fingerprint density at radius 1 is 1.30 bits per heavy atom. The average Bonchev–Trinajstić information content (AvgIpc) is 3.22. The molecule has 3 N–H and O–H groups in total. The zero-order valence-corrected chi connectivity index (χ0v) is 12.0. The Hall–Kier alpha value is -1.59. The number of carbonyl (C=O) groups is 2. The van der Waals surface area contributed by atoms with Crippen molar-refractivity contribution < 1.29 is 9.59 Å². The van der Waals surface area contributed by atoms with Crippen molar-refractivity contribution in [3.05, 3.63) is 29.3 Å². The van der Waals surface area contributed by atoms with Gasteiger partial charge in [0.05, 0.1) is 12.6 Å². The molecule has 108 valence electrons. The highest BCUT2D eigenvalue weighted by Gasteiger charge is 2.25. The van der Waals surface area contributed by atoms with Crippen LogP contribution in [0, 0.1) is 0 Å². The Morgan fingerprint density at radius 3 is 2.55 bits per heavy atom. The van der Waals surface area contributed by atoms with Gasteiger partial charge in [0.25, 0.3) is 0 Å². The Kier molecular flexibility index (Phi) is 4.98. The van der Waals surface area contributed by atoms with Crippen molar-refractivity contribution in [2.24, 2.45) is 0 Å². The molecule has 1 aromatic carbocycles. The van der Waals surface area contributed by atoms with Crippen molar-refractivity contribution in [1.29, 1.82) is 0 Å². The molecule has 0 saturated heterocycles. The lowest BCUT2D eigenvalue weighted by molar-refractivity contribution is -0.123. The van der Waals surface area contributed by atoms with E-state index in [1.165, 1.54) is 0 Å². The molecule has 2 rings (SSSR count). The molecule has 1 aliphatic carbocycles. The second-order valence-corrected chi connectivity index (χ2v) is 5.38. The standard InChI is InChI=1S/C14H18ClN3O2/c1-9(14(20)18-12-6-7-12)16-8-13(19)17-11-4-2-10(15)3-5-11/h2-5,9,12,16H,6-8H2,1H3,(H,17,19)(H,18,20). The minimum absolute atomic E-state index is 0.0632. The van der Waals surface area contributed by atoms with Gasteiger partial charge >= 0.3 is 0 Å². The first-order chi connectivity index (χ1) is 9.54. The van der Waals surface area contributed by atoms with E-state index in [1.54, 1.807) is 31.2 Å². The minimum atomic E-state index is -0.383. The largest absolute Gasteiger partial charge is 0.352 e. The number of anilines is 1. The van der Waals surface area contributed by atoms with Crippen molar-refractivity contribution in [3.8, 4) is 0 Å². The summed E-state index contributed by atoms with van der Waals surface area (Å²) in [6.07, 6.45) is 2.10. The number of benzene rings is 1. The molecule has 1 atom stereocenters. The molecule has 2 amide bonds. The predicted molar refractivity (Wildman–Crippen MR) is 78.7 cm³/mol. The molecule has 0 bridgehead atoms. The van der Waals surface area contributed by atoms with Crippen LogP contribution in [0.4, 0.5) is 5.69 Å². The summed E-state index contributed by atoms with van der Waals surface area (Å²) in [7, 11) is 0. The zero-order valence-electron chi connectivity index (χ0n) is 11.3. The lowest BCUT2D eigenvalue weighted by Gasteiger charge is -2.13. The fourth-order valence-electron chi connectivity index (χ4n) is 1.63. The molecule has 0 heterocycles. The number of carbonyl (C=O) groups excluding carboxylic acids is 2. The maximum atomic E-state index is 11.7. The topological polar surface area (TPSA) is 70.2 Å². The number of rotatable bonds is 6. The molecule has 0 spiro atoms. The van der Waals surface area contributed by atoms with E-state index in [1.807, 2.05) is 0 Å². The van der Waals surface area contributed by atoms with Crippen LogP contribution in [0.15, 0.2) is 24.3 Å². The molecule has 1 aliphatic rings. The number of nitrogens with one attached hydrogen (secondary N) is 3. The first-order valence-electron chi connectivity index (χ1n) is 6.64. The average molecular weight is 296 g/mol. The molecule has 1 unspecified atom stereocenters. The fourth-order valence-corrected chi connectivity index (χ4v) is 1.76. The van der Waals surface area contributed by atoms with Crippen LogP contribution in [0.3, 0.4) is 0 Å². The molecule has 0 aromatic heterocycles. The van der Waals surface area contributed by atoms with Crippen LogP contribution in [0.1, 0.15) is 19.8 Å². The molecule has 6 heteroatoms. The van der Waals surface area contributed by atoms with Gasteiger partial charge in [0, 0.05) is 16.8 Å². The van der Waals surface area contributed by atoms with Crippen LogP contribution in [0.2, 0.25) is 5.02 Å². The highest BCUT2D eigenvalue weighted by Crippen LogP contribution is 2.18. The molecule has 1 aromatic rings. The van der Waals surface area contributed by atoms with E-state index >= 15 is 0 Å². The van der Waals surface area contributed by atoms with E-state index in [-0.39, 0.29) is 24.4 Å². The summed E-state index contributed by atoms with van der Waals surface area (Å²) in [5.41, 5.74) is 0.677. The maximum Gasteiger partial charge on any atom is 0.238 e. The van der Waals surface area contributed by atoms with Gasteiger partial charge in [0.1, 0.15) is 0 Å². The minimum Gasteiger partial charge on any atom is -0.352 e. The van der Waals surface area contributed by atoms with Gasteiger partial charge in [-0.3, -0.25) is 14.9 Å². The van der Waals surface area contributed by atoms with Gasteiger partial charge in [-0.25, -0.2) is 0 Å². The summed E-state index contributed by atoms with van der Waals surface area (Å²) in [5.74, 6) is -0.259. The van der Waals surface area contributed by atoms with Gasteiger partial charge in [-0.1, -0.05) is 11.6 Å². The first-order valence-corrected chi connectivity index (χ1v) is 7.01. The Balaban J connectivity index is 1.71. The summed E-state index contributed by atoms with van der Waals surface area (Å²) in [4.78, 5) is 23.4. The van der Waals surface area contributed by atoms with Gasteiger partial charge in [0.2, 0.25) is 11.8 Å². The number of halogens is 1. The normalized spacial score (nSPS) is 15.5. The number of amides is 2. The van der Waals surface area contributed by atoms with Crippen molar-refractivity contribution in [2.75, 3.05) is 11.9 Å². The summed E-state index contributed by atoms with van der Waals surface area (Å²) in [6.45, 7) is 1.83. The Labute approximate surface area is 123 Å². The van der Waals surface area contributed by atoms with Crippen LogP contribution in [-0.2, 0) is 9.59 Å². The van der Waals surface area contributed by atoms with Crippen molar-refractivity contribution >= 4 is 29.1 Å². The first kappa shape index (κ1) is 14.8. The van der Waals surface area contributed by atoms with Gasteiger partial charge in [-0.2, -0.15) is 0 Å². The summed E-state index contributed by atoms with van der Waals surface area (Å²) >= 11 is 5.76. The third kappa shape index (κ3) is 4.83. The van der Waals surface area contributed by atoms with Crippen LogP contribution in [0.5, 0.6) is 0 Å². The second kappa shape index (κ2) is 6.72. The smallest absolute Gasteiger partial charge is 0.238 e. The molecule has 1 fully saturated rings. The van der Waals surface area contributed by atoms with E-state index in [0.717, 1.165) is 12.8 Å². The molecular formula is C14H18ClN3O2. The molecule has 0 aliphatic heterocycles. The molecule has 5 nitrogen and oxygen atoms in total. The quantitative estimate of drug-likeness (QED) is 0.745. The van der Waals surface area contributed by atoms with Gasteiger partial charge in [-0.15, -0.1) is 0 Å². The highest BCUT2D eigenvalue weighted by atomic mass is 35.5. The summed E-state index contributed by atoms with van der Waals surface area (Å²) in [6, 6.07) is 6.81. The highest BCUT2D eigenvalue weighted by molar-refractivity contribution is 6.30. The van der Waals surface area contributed by atoms with Crippen molar-refractivity contribution in [1.82, 2.24) is 10.6 Å². The third-order valence-electron chi connectivity index (χ3n) is 3.01. The third-order valence-corrected chi connectivity index (χ3v) is 3.27. The second-order valence-electron chi connectivity index (χ2n) is 4.94. The predicted octanol–water partition coefficient (Wildman–Crippen LogP) is 1.54. The number of hydrogen-bond acceptors (Lipinski definition) is 3. The number of hydrogen-bond donors (Lipinski definition) is 3. The molecule has 20 heavy (non-hydrogen) atoms. The lowest BCUT2D eigenvalue weighted by Crippen LogP contribution is -2.45. The summed E-state index contributed by atoms with van der Waals surface area (Å²) in [5, 5.41) is 9.12.